The number of hydrogen-bond donors (Lipinski definition) is 3. The van der Waals surface area contributed by atoms with Crippen LogP contribution in [0.4, 0.5) is 19.6 Å². The third-order valence-corrected chi connectivity index (χ3v) is 4.85. The summed E-state index contributed by atoms with van der Waals surface area (Å²) in [6.07, 6.45) is 0.991. The van der Waals surface area contributed by atoms with Gasteiger partial charge in [-0.2, -0.15) is 0 Å². The molecule has 1 unspecified atom stereocenters. The molecule has 0 aliphatic heterocycles. The summed E-state index contributed by atoms with van der Waals surface area (Å²) in [4.78, 5) is 16.1. The molecular formula is C19H17F2N3O2S. The number of halogens is 2. The van der Waals surface area contributed by atoms with Crippen molar-refractivity contribution < 1.29 is 18.7 Å². The van der Waals surface area contributed by atoms with E-state index < -0.39 is 23.6 Å². The Bertz CT molecular complexity index is 951. The number of carbonyl (C=O) groups excluding carboxylic acids is 1. The Morgan fingerprint density at radius 1 is 1.30 bits per heavy atom. The molecule has 3 aromatic rings. The largest absolute Gasteiger partial charge is 0.393 e. The predicted octanol–water partition coefficient (Wildman–Crippen LogP) is 3.85. The second-order valence-corrected chi connectivity index (χ2v) is 7.10. The van der Waals surface area contributed by atoms with Gasteiger partial charge in [0.2, 0.25) is 0 Å². The van der Waals surface area contributed by atoms with Gasteiger partial charge in [-0.05, 0) is 49.2 Å². The topological polar surface area (TPSA) is 88.2 Å². The maximum atomic E-state index is 14.6. The van der Waals surface area contributed by atoms with Crippen LogP contribution in [0.25, 0.3) is 10.4 Å². The van der Waals surface area contributed by atoms with E-state index in [0.29, 0.717) is 16.4 Å². The van der Waals surface area contributed by atoms with Crippen molar-refractivity contribution in [2.24, 2.45) is 5.73 Å². The van der Waals surface area contributed by atoms with E-state index in [0.717, 1.165) is 11.3 Å². The summed E-state index contributed by atoms with van der Waals surface area (Å²) < 4.78 is 29.1. The van der Waals surface area contributed by atoms with Crippen molar-refractivity contribution in [3.05, 3.63) is 65.4 Å². The van der Waals surface area contributed by atoms with Crippen LogP contribution < -0.4 is 11.1 Å². The number of hydrogen-bond acceptors (Lipinski definition) is 5. The molecule has 4 N–H and O–H groups in total. The van der Waals surface area contributed by atoms with Crippen molar-refractivity contribution in [1.29, 1.82) is 0 Å². The predicted molar refractivity (Wildman–Crippen MR) is 101 cm³/mol. The minimum atomic E-state index is -0.771. The lowest BCUT2D eigenvalue weighted by Gasteiger charge is -2.08. The van der Waals surface area contributed by atoms with Crippen LogP contribution in [0.15, 0.2) is 42.6 Å². The minimum Gasteiger partial charge on any atom is -0.393 e. The molecule has 2 heterocycles. The summed E-state index contributed by atoms with van der Waals surface area (Å²) in [5.74, 6) is -1.79. The smallest absolute Gasteiger partial charge is 0.251 e. The summed E-state index contributed by atoms with van der Waals surface area (Å²) in [5.41, 5.74) is 5.63. The molecule has 0 bridgehead atoms. The number of pyridine rings is 1. The van der Waals surface area contributed by atoms with Crippen molar-refractivity contribution in [2.45, 2.75) is 19.4 Å². The van der Waals surface area contributed by atoms with Crippen molar-refractivity contribution >= 4 is 28.1 Å². The SMILES string of the molecule is CC(O)Cc1cc(F)c(-c2cc(C(N)=O)c(Nc3ccccn3)s2)c(F)c1. The van der Waals surface area contributed by atoms with Gasteiger partial charge in [-0.3, -0.25) is 4.79 Å². The number of thiophene rings is 1. The highest BCUT2D eigenvalue weighted by Crippen LogP contribution is 2.39. The highest BCUT2D eigenvalue weighted by molar-refractivity contribution is 7.20. The van der Waals surface area contributed by atoms with Gasteiger partial charge in [0.15, 0.2) is 0 Å². The molecule has 0 radical (unpaired) electrons. The molecular weight excluding hydrogens is 372 g/mol. The first-order valence-electron chi connectivity index (χ1n) is 8.13. The zero-order valence-corrected chi connectivity index (χ0v) is 15.2. The van der Waals surface area contributed by atoms with Crippen LogP contribution in [0.5, 0.6) is 0 Å². The Hall–Kier alpha value is -2.84. The number of anilines is 2. The molecule has 140 valence electrons. The Morgan fingerprint density at radius 3 is 2.56 bits per heavy atom. The molecule has 5 nitrogen and oxygen atoms in total. The van der Waals surface area contributed by atoms with E-state index in [2.05, 4.69) is 10.3 Å². The number of nitrogens with two attached hydrogens (primary N) is 1. The van der Waals surface area contributed by atoms with Crippen LogP contribution in [-0.4, -0.2) is 22.1 Å². The van der Waals surface area contributed by atoms with Gasteiger partial charge in [-0.1, -0.05) is 6.07 Å². The Labute approximate surface area is 158 Å². The average molecular weight is 389 g/mol. The van der Waals surface area contributed by atoms with Crippen molar-refractivity contribution in [1.82, 2.24) is 4.98 Å². The van der Waals surface area contributed by atoms with Gasteiger partial charge in [0.1, 0.15) is 22.5 Å². The number of nitrogens with zero attached hydrogens (tertiary/aromatic N) is 1. The molecule has 8 heteroatoms. The third kappa shape index (κ3) is 4.29. The standard InChI is InChI=1S/C19H17F2N3O2S/c1-10(25)6-11-7-13(20)17(14(21)8-11)15-9-12(18(22)26)19(27-15)24-16-4-2-3-5-23-16/h2-5,7-10,25H,6H2,1H3,(H2,22,26)(H,23,24). The fourth-order valence-corrected chi connectivity index (χ4v) is 3.78. The summed E-state index contributed by atoms with van der Waals surface area (Å²) in [5, 5.41) is 12.7. The van der Waals surface area contributed by atoms with Crippen LogP contribution in [0.2, 0.25) is 0 Å². The van der Waals surface area contributed by atoms with Crippen LogP contribution in [0, 0.1) is 11.6 Å². The first-order valence-corrected chi connectivity index (χ1v) is 8.95. The van der Waals surface area contributed by atoms with Gasteiger partial charge >= 0.3 is 0 Å². The van der Waals surface area contributed by atoms with Gasteiger partial charge in [0.25, 0.3) is 5.91 Å². The van der Waals surface area contributed by atoms with E-state index in [1.165, 1.54) is 25.1 Å². The maximum absolute atomic E-state index is 14.6. The monoisotopic (exact) mass is 389 g/mol. The first-order chi connectivity index (χ1) is 12.8. The molecule has 1 atom stereocenters. The van der Waals surface area contributed by atoms with E-state index in [9.17, 15) is 18.7 Å². The van der Waals surface area contributed by atoms with Crippen molar-refractivity contribution in [3.8, 4) is 10.4 Å². The highest BCUT2D eigenvalue weighted by Gasteiger charge is 2.21. The molecule has 1 amide bonds. The zero-order valence-electron chi connectivity index (χ0n) is 14.4. The van der Waals surface area contributed by atoms with Gasteiger partial charge in [0.05, 0.1) is 17.2 Å². The maximum Gasteiger partial charge on any atom is 0.251 e. The van der Waals surface area contributed by atoms with Crippen LogP contribution in [-0.2, 0) is 6.42 Å². The van der Waals surface area contributed by atoms with Crippen LogP contribution in [0.1, 0.15) is 22.8 Å². The lowest BCUT2D eigenvalue weighted by atomic mass is 10.0. The van der Waals surface area contributed by atoms with E-state index in [1.54, 1.807) is 24.4 Å². The van der Waals surface area contributed by atoms with Crippen LogP contribution in [0.3, 0.4) is 0 Å². The Balaban J connectivity index is 2.02. The van der Waals surface area contributed by atoms with Crippen LogP contribution >= 0.6 is 11.3 Å². The van der Waals surface area contributed by atoms with Gasteiger partial charge in [-0.25, -0.2) is 13.8 Å². The second-order valence-electron chi connectivity index (χ2n) is 6.05. The average Bonchev–Trinajstić information content (AvgIpc) is 2.98. The third-order valence-electron chi connectivity index (χ3n) is 3.78. The lowest BCUT2D eigenvalue weighted by molar-refractivity contribution is 0.100. The molecule has 1 aromatic carbocycles. The number of carbonyl (C=O) groups is 1. The van der Waals surface area contributed by atoms with Gasteiger partial charge < -0.3 is 16.2 Å². The second kappa shape index (κ2) is 7.81. The molecule has 2 aromatic heterocycles. The fourth-order valence-electron chi connectivity index (χ4n) is 2.66. The number of primary amides is 1. The number of rotatable bonds is 6. The van der Waals surface area contributed by atoms with E-state index in [4.69, 9.17) is 5.73 Å². The first kappa shape index (κ1) is 18.9. The number of aliphatic hydroxyl groups excluding tert-OH is 1. The number of nitrogens with one attached hydrogen (secondary N) is 1. The number of aromatic nitrogens is 1. The highest BCUT2D eigenvalue weighted by atomic mass is 32.1. The summed E-state index contributed by atoms with van der Waals surface area (Å²) >= 11 is 1.00. The van der Waals surface area contributed by atoms with E-state index >= 15 is 0 Å². The number of benzene rings is 1. The van der Waals surface area contributed by atoms with Crippen molar-refractivity contribution in [3.63, 3.8) is 0 Å². The summed E-state index contributed by atoms with van der Waals surface area (Å²) in [6, 6.07) is 8.90. The Kier molecular flexibility index (Phi) is 5.48. The quantitative estimate of drug-likeness (QED) is 0.597. The normalized spacial score (nSPS) is 12.0. The molecule has 27 heavy (non-hydrogen) atoms. The fraction of sp³-hybridized carbons (Fsp3) is 0.158. The number of amides is 1. The van der Waals surface area contributed by atoms with E-state index in [1.807, 2.05) is 0 Å². The molecule has 0 saturated carbocycles. The number of aliphatic hydroxyl groups is 1. The minimum absolute atomic E-state index is 0.118. The molecule has 0 aliphatic carbocycles. The summed E-state index contributed by atoms with van der Waals surface area (Å²) in [7, 11) is 0. The Morgan fingerprint density at radius 2 is 2.00 bits per heavy atom. The molecule has 0 aliphatic rings. The van der Waals surface area contributed by atoms with E-state index in [-0.39, 0.29) is 22.4 Å². The van der Waals surface area contributed by atoms with Crippen molar-refractivity contribution in [2.75, 3.05) is 5.32 Å². The molecule has 0 saturated heterocycles. The molecule has 0 spiro atoms. The summed E-state index contributed by atoms with van der Waals surface area (Å²) in [6.45, 7) is 1.54. The molecule has 3 rings (SSSR count). The lowest BCUT2D eigenvalue weighted by Crippen LogP contribution is -2.11. The van der Waals surface area contributed by atoms with Gasteiger partial charge in [0, 0.05) is 11.1 Å². The van der Waals surface area contributed by atoms with Gasteiger partial charge in [-0.15, -0.1) is 11.3 Å². The zero-order chi connectivity index (χ0) is 19.6. The molecule has 0 fully saturated rings.